The van der Waals surface area contributed by atoms with E-state index >= 15 is 0 Å². The maximum absolute atomic E-state index is 13.9. The number of anilines is 1. The molecule has 36 heavy (non-hydrogen) atoms. The van der Waals surface area contributed by atoms with E-state index in [1.807, 2.05) is 31.2 Å². The van der Waals surface area contributed by atoms with E-state index in [9.17, 15) is 18.0 Å². The lowest BCUT2D eigenvalue weighted by molar-refractivity contribution is -0.138. The first-order valence-electron chi connectivity index (χ1n) is 11.5. The van der Waals surface area contributed by atoms with Crippen LogP contribution in [0.5, 0.6) is 11.5 Å². The molecule has 1 amide bonds. The van der Waals surface area contributed by atoms with Crippen LogP contribution in [0.4, 0.5) is 18.9 Å². The zero-order valence-corrected chi connectivity index (χ0v) is 20.0. The predicted octanol–water partition coefficient (Wildman–Crippen LogP) is 6.16. The quantitative estimate of drug-likeness (QED) is 0.385. The highest BCUT2D eigenvalue weighted by molar-refractivity contribution is 5.86. The third-order valence-electron chi connectivity index (χ3n) is 5.86. The summed E-state index contributed by atoms with van der Waals surface area (Å²) in [5.41, 5.74) is 3.11. The molecule has 1 aliphatic heterocycles. The van der Waals surface area contributed by atoms with Gasteiger partial charge in [0.15, 0.2) is 0 Å². The Morgan fingerprint density at radius 1 is 1.14 bits per heavy atom. The molecular formula is C28H27F3N2O3. The van der Waals surface area contributed by atoms with Crippen LogP contribution in [0.3, 0.4) is 0 Å². The molecule has 3 aromatic carbocycles. The predicted molar refractivity (Wildman–Crippen MR) is 134 cm³/mol. The number of alkyl halides is 3. The molecule has 1 aliphatic rings. The van der Waals surface area contributed by atoms with E-state index in [0.29, 0.717) is 18.6 Å². The Hall–Kier alpha value is -3.78. The Morgan fingerprint density at radius 2 is 1.89 bits per heavy atom. The SMILES string of the molecule is CNc1ccccc1/C(C)=C\c1ccc(Oc2ccc(CC3COCC(=O)N3)cc2)c(C(F)(F)F)c1. The van der Waals surface area contributed by atoms with Crippen molar-refractivity contribution in [1.29, 1.82) is 0 Å². The number of ether oxygens (including phenoxy) is 2. The van der Waals surface area contributed by atoms with Gasteiger partial charge in [-0.1, -0.05) is 42.5 Å². The van der Waals surface area contributed by atoms with Crippen molar-refractivity contribution in [3.8, 4) is 11.5 Å². The standard InChI is InChI=1S/C28H27F3N2O3/c1-18(23-5-3-4-6-25(23)32-2)13-20-9-12-26(24(15-20)28(29,30)31)36-22-10-7-19(8-11-22)14-21-16-35-17-27(34)33-21/h3-13,15,21,32H,14,16-17H2,1-2H3,(H,33,34)/b18-13-. The molecule has 0 bridgehead atoms. The van der Waals surface area contributed by atoms with Crippen LogP contribution in [-0.4, -0.2) is 32.2 Å². The topological polar surface area (TPSA) is 59.6 Å². The molecule has 0 aromatic heterocycles. The number of nitrogens with one attached hydrogen (secondary N) is 2. The second-order valence-electron chi connectivity index (χ2n) is 8.61. The van der Waals surface area contributed by atoms with Crippen LogP contribution in [0.25, 0.3) is 11.6 Å². The van der Waals surface area contributed by atoms with Crippen LogP contribution >= 0.6 is 0 Å². The van der Waals surface area contributed by atoms with Crippen LogP contribution in [0.1, 0.15) is 29.2 Å². The molecule has 5 nitrogen and oxygen atoms in total. The lowest BCUT2D eigenvalue weighted by Gasteiger charge is -2.23. The number of benzene rings is 3. The van der Waals surface area contributed by atoms with Gasteiger partial charge in [-0.3, -0.25) is 4.79 Å². The van der Waals surface area contributed by atoms with Gasteiger partial charge in [-0.25, -0.2) is 0 Å². The minimum absolute atomic E-state index is 0.0577. The van der Waals surface area contributed by atoms with Crippen molar-refractivity contribution in [2.24, 2.45) is 0 Å². The second-order valence-corrected chi connectivity index (χ2v) is 8.61. The first-order chi connectivity index (χ1) is 17.2. The van der Waals surface area contributed by atoms with Crippen LogP contribution < -0.4 is 15.4 Å². The minimum Gasteiger partial charge on any atom is -0.457 e. The molecule has 0 aliphatic carbocycles. The van der Waals surface area contributed by atoms with E-state index in [1.165, 1.54) is 6.07 Å². The third kappa shape index (κ3) is 6.26. The molecule has 4 rings (SSSR count). The molecule has 2 N–H and O–H groups in total. The van der Waals surface area contributed by atoms with E-state index in [0.717, 1.165) is 28.5 Å². The van der Waals surface area contributed by atoms with Crippen molar-refractivity contribution in [3.63, 3.8) is 0 Å². The van der Waals surface area contributed by atoms with Crippen LogP contribution in [0.2, 0.25) is 0 Å². The van der Waals surface area contributed by atoms with Gasteiger partial charge in [0.05, 0.1) is 18.2 Å². The first kappa shape index (κ1) is 25.3. The summed E-state index contributed by atoms with van der Waals surface area (Å²) in [6, 6.07) is 18.3. The average molecular weight is 497 g/mol. The fraction of sp³-hybridized carbons (Fsp3) is 0.250. The van der Waals surface area contributed by atoms with Crippen LogP contribution in [0.15, 0.2) is 66.7 Å². The number of amides is 1. The minimum atomic E-state index is -4.59. The van der Waals surface area contributed by atoms with E-state index in [2.05, 4.69) is 10.6 Å². The molecule has 1 atom stereocenters. The number of rotatable bonds is 7. The van der Waals surface area contributed by atoms with Crippen molar-refractivity contribution in [3.05, 3.63) is 89.0 Å². The maximum atomic E-state index is 13.9. The number of morpholine rings is 1. The summed E-state index contributed by atoms with van der Waals surface area (Å²) in [4.78, 5) is 11.5. The Labute approximate surface area is 207 Å². The van der Waals surface area contributed by atoms with E-state index in [4.69, 9.17) is 9.47 Å². The summed E-state index contributed by atoms with van der Waals surface area (Å²) in [6.07, 6.45) is -2.32. The Kier molecular flexibility index (Phi) is 7.64. The van der Waals surface area contributed by atoms with Crippen molar-refractivity contribution in [2.75, 3.05) is 25.6 Å². The molecule has 1 unspecified atom stereocenters. The number of allylic oxidation sites excluding steroid dienone is 1. The summed E-state index contributed by atoms with van der Waals surface area (Å²) in [5.74, 6) is -0.144. The van der Waals surface area contributed by atoms with Gasteiger partial charge < -0.3 is 20.1 Å². The first-order valence-corrected chi connectivity index (χ1v) is 11.5. The van der Waals surface area contributed by atoms with Gasteiger partial charge >= 0.3 is 6.18 Å². The number of halogens is 3. The number of hydrogen-bond acceptors (Lipinski definition) is 4. The fourth-order valence-corrected chi connectivity index (χ4v) is 4.14. The van der Waals surface area contributed by atoms with Crippen LogP contribution in [0, 0.1) is 0 Å². The summed E-state index contributed by atoms with van der Waals surface area (Å²) in [5, 5.41) is 5.95. The molecule has 8 heteroatoms. The lowest BCUT2D eigenvalue weighted by atomic mass is 10.0. The smallest absolute Gasteiger partial charge is 0.420 e. The molecule has 1 fully saturated rings. The molecule has 0 saturated carbocycles. The van der Waals surface area contributed by atoms with Crippen molar-refractivity contribution in [1.82, 2.24) is 5.32 Å². The number of para-hydroxylation sites is 1. The maximum Gasteiger partial charge on any atom is 0.420 e. The van der Waals surface area contributed by atoms with Crippen LogP contribution in [-0.2, 0) is 22.1 Å². The summed E-state index contributed by atoms with van der Waals surface area (Å²) >= 11 is 0. The van der Waals surface area contributed by atoms with Gasteiger partial charge in [-0.05, 0) is 60.4 Å². The number of hydrogen-bond donors (Lipinski definition) is 2. The van der Waals surface area contributed by atoms with Gasteiger partial charge in [-0.2, -0.15) is 13.2 Å². The van der Waals surface area contributed by atoms with E-state index in [-0.39, 0.29) is 30.1 Å². The summed E-state index contributed by atoms with van der Waals surface area (Å²) < 4.78 is 52.6. The highest BCUT2D eigenvalue weighted by atomic mass is 19.4. The molecule has 1 saturated heterocycles. The van der Waals surface area contributed by atoms with E-state index in [1.54, 1.807) is 43.5 Å². The summed E-state index contributed by atoms with van der Waals surface area (Å²) in [7, 11) is 1.80. The fourth-order valence-electron chi connectivity index (χ4n) is 4.14. The monoisotopic (exact) mass is 496 g/mol. The van der Waals surface area contributed by atoms with Gasteiger partial charge in [0, 0.05) is 18.3 Å². The zero-order chi connectivity index (χ0) is 25.7. The Bertz CT molecular complexity index is 1250. The number of carbonyl (C=O) groups excluding carboxylic acids is 1. The lowest BCUT2D eigenvalue weighted by Crippen LogP contribution is -2.46. The second kappa shape index (κ2) is 10.9. The molecule has 1 heterocycles. The van der Waals surface area contributed by atoms with Gasteiger partial charge in [-0.15, -0.1) is 0 Å². The number of carbonyl (C=O) groups is 1. The highest BCUT2D eigenvalue weighted by Gasteiger charge is 2.35. The van der Waals surface area contributed by atoms with Crippen molar-refractivity contribution in [2.45, 2.75) is 25.6 Å². The molecule has 3 aromatic rings. The Morgan fingerprint density at radius 3 is 2.58 bits per heavy atom. The van der Waals surface area contributed by atoms with Gasteiger partial charge in [0.2, 0.25) is 5.91 Å². The summed E-state index contributed by atoms with van der Waals surface area (Å²) in [6.45, 7) is 2.34. The third-order valence-corrected chi connectivity index (χ3v) is 5.86. The Balaban J connectivity index is 1.53. The molecular weight excluding hydrogens is 469 g/mol. The largest absolute Gasteiger partial charge is 0.457 e. The molecule has 0 spiro atoms. The average Bonchev–Trinajstić information content (AvgIpc) is 2.85. The highest BCUT2D eigenvalue weighted by Crippen LogP contribution is 2.39. The van der Waals surface area contributed by atoms with Gasteiger partial charge in [0.1, 0.15) is 18.1 Å². The van der Waals surface area contributed by atoms with Crippen molar-refractivity contribution >= 4 is 23.2 Å². The zero-order valence-electron chi connectivity index (χ0n) is 20.0. The van der Waals surface area contributed by atoms with Crippen molar-refractivity contribution < 1.29 is 27.4 Å². The van der Waals surface area contributed by atoms with E-state index < -0.39 is 11.7 Å². The normalized spacial score (nSPS) is 16.4. The molecule has 0 radical (unpaired) electrons. The molecule has 188 valence electrons. The van der Waals surface area contributed by atoms with Gasteiger partial charge in [0.25, 0.3) is 0 Å².